The molecule has 1 aliphatic carbocycles. The van der Waals surface area contributed by atoms with Gasteiger partial charge in [0.25, 0.3) is 0 Å². The van der Waals surface area contributed by atoms with E-state index in [2.05, 4.69) is 0 Å². The van der Waals surface area contributed by atoms with E-state index in [1.54, 1.807) is 6.92 Å². The van der Waals surface area contributed by atoms with Gasteiger partial charge in [0.05, 0.1) is 6.10 Å². The second-order valence-corrected chi connectivity index (χ2v) is 3.21. The molecule has 1 atom stereocenters. The number of aliphatic hydroxyl groups is 1. The summed E-state index contributed by atoms with van der Waals surface area (Å²) in [5, 5.41) is 8.81. The first kappa shape index (κ1) is 7.92. The van der Waals surface area contributed by atoms with Crippen molar-refractivity contribution >= 4 is 0 Å². The zero-order valence-corrected chi connectivity index (χ0v) is 5.98. The molecule has 0 amide bonds. The molecule has 0 unspecified atom stereocenters. The lowest BCUT2D eigenvalue weighted by Crippen LogP contribution is -2.36. The summed E-state index contributed by atoms with van der Waals surface area (Å²) in [5.74, 6) is -2.38. The van der Waals surface area contributed by atoms with Gasteiger partial charge in [-0.25, -0.2) is 8.78 Å². The van der Waals surface area contributed by atoms with Crippen LogP contribution in [0.25, 0.3) is 0 Å². The van der Waals surface area contributed by atoms with E-state index in [1.165, 1.54) is 0 Å². The van der Waals surface area contributed by atoms with Gasteiger partial charge in [-0.2, -0.15) is 0 Å². The smallest absolute Gasteiger partial charge is 0.248 e. The van der Waals surface area contributed by atoms with E-state index >= 15 is 0 Å². The van der Waals surface area contributed by atoms with Crippen LogP contribution in [-0.4, -0.2) is 17.1 Å². The van der Waals surface area contributed by atoms with Gasteiger partial charge in [-0.15, -0.1) is 0 Å². The highest BCUT2D eigenvalue weighted by atomic mass is 19.3. The third kappa shape index (κ3) is 1.90. The van der Waals surface area contributed by atoms with Gasteiger partial charge in [-0.05, 0) is 19.3 Å². The molecule has 10 heavy (non-hydrogen) atoms. The van der Waals surface area contributed by atoms with E-state index in [4.69, 9.17) is 5.11 Å². The van der Waals surface area contributed by atoms with Crippen molar-refractivity contribution in [2.75, 3.05) is 0 Å². The Morgan fingerprint density at radius 3 is 2.40 bits per heavy atom. The quantitative estimate of drug-likeness (QED) is 0.636. The van der Waals surface area contributed by atoms with Crippen molar-refractivity contribution in [3.63, 3.8) is 0 Å². The first-order valence-corrected chi connectivity index (χ1v) is 3.55. The van der Waals surface area contributed by atoms with Crippen LogP contribution in [-0.2, 0) is 0 Å². The number of rotatable bonds is 2. The Morgan fingerprint density at radius 1 is 1.60 bits per heavy atom. The summed E-state index contributed by atoms with van der Waals surface area (Å²) in [6.45, 7) is 1.64. The minimum absolute atomic E-state index is 0.0299. The van der Waals surface area contributed by atoms with E-state index < -0.39 is 12.0 Å². The molecular weight excluding hydrogens is 138 g/mol. The highest BCUT2D eigenvalue weighted by Crippen LogP contribution is 2.44. The Morgan fingerprint density at radius 2 is 2.10 bits per heavy atom. The van der Waals surface area contributed by atoms with Crippen molar-refractivity contribution in [3.8, 4) is 0 Å². The van der Waals surface area contributed by atoms with Crippen molar-refractivity contribution < 1.29 is 13.9 Å². The molecular formula is C7H12F2O. The second-order valence-electron chi connectivity index (χ2n) is 3.21. The maximum absolute atomic E-state index is 12.2. The maximum atomic E-state index is 12.2. The Bertz CT molecular complexity index is 112. The zero-order valence-electron chi connectivity index (χ0n) is 5.98. The zero-order chi connectivity index (χ0) is 7.78. The number of hydrogen-bond donors (Lipinski definition) is 1. The van der Waals surface area contributed by atoms with Crippen LogP contribution in [0.1, 0.15) is 26.2 Å². The number of hydrogen-bond acceptors (Lipinski definition) is 1. The lowest BCUT2D eigenvalue weighted by atomic mass is 9.78. The molecule has 0 bridgehead atoms. The standard InChI is InChI=1S/C7H12F2O/c1-5(10)2-6-3-7(8,9)4-6/h5-6,10H,2-4H2,1H3/t5-/m1/s1. The molecule has 1 aliphatic rings. The molecule has 0 aromatic heterocycles. The van der Waals surface area contributed by atoms with Crippen LogP contribution in [0.4, 0.5) is 8.78 Å². The van der Waals surface area contributed by atoms with Crippen LogP contribution in [0.5, 0.6) is 0 Å². The molecule has 1 fully saturated rings. The topological polar surface area (TPSA) is 20.2 Å². The van der Waals surface area contributed by atoms with E-state index in [1.807, 2.05) is 0 Å². The molecule has 0 aromatic carbocycles. The third-order valence-electron chi connectivity index (χ3n) is 1.85. The van der Waals surface area contributed by atoms with Gasteiger partial charge in [-0.1, -0.05) is 0 Å². The second kappa shape index (κ2) is 2.46. The van der Waals surface area contributed by atoms with Crippen LogP contribution in [0.3, 0.4) is 0 Å². The molecule has 1 rings (SSSR count). The fraction of sp³-hybridized carbons (Fsp3) is 1.00. The van der Waals surface area contributed by atoms with Crippen LogP contribution in [0.2, 0.25) is 0 Å². The molecule has 0 heterocycles. The lowest BCUT2D eigenvalue weighted by molar-refractivity contribution is -0.118. The summed E-state index contributed by atoms with van der Waals surface area (Å²) in [4.78, 5) is 0. The predicted octanol–water partition coefficient (Wildman–Crippen LogP) is 1.80. The van der Waals surface area contributed by atoms with Crippen LogP contribution in [0, 0.1) is 5.92 Å². The molecule has 0 aromatic rings. The number of halogens is 2. The molecule has 0 radical (unpaired) electrons. The number of alkyl halides is 2. The fourth-order valence-electron chi connectivity index (χ4n) is 1.43. The Balaban J connectivity index is 2.15. The number of aliphatic hydroxyl groups excluding tert-OH is 1. The van der Waals surface area contributed by atoms with E-state index in [9.17, 15) is 8.78 Å². The molecule has 0 spiro atoms. The molecule has 0 aliphatic heterocycles. The van der Waals surface area contributed by atoms with Gasteiger partial charge in [-0.3, -0.25) is 0 Å². The average Bonchev–Trinajstić information content (AvgIpc) is 1.57. The first-order valence-electron chi connectivity index (χ1n) is 3.55. The molecule has 1 saturated carbocycles. The SMILES string of the molecule is C[C@@H](O)CC1CC(F)(F)C1. The van der Waals surface area contributed by atoms with Crippen molar-refractivity contribution in [1.29, 1.82) is 0 Å². The molecule has 0 saturated heterocycles. The summed E-state index contributed by atoms with van der Waals surface area (Å²) in [6, 6.07) is 0. The Kier molecular flexibility index (Phi) is 1.95. The predicted molar refractivity (Wildman–Crippen MR) is 34.0 cm³/mol. The van der Waals surface area contributed by atoms with Crippen molar-refractivity contribution in [3.05, 3.63) is 0 Å². The van der Waals surface area contributed by atoms with E-state index in [0.717, 1.165) is 0 Å². The van der Waals surface area contributed by atoms with Crippen LogP contribution < -0.4 is 0 Å². The van der Waals surface area contributed by atoms with Gasteiger partial charge in [0, 0.05) is 12.8 Å². The molecule has 60 valence electrons. The minimum Gasteiger partial charge on any atom is -0.393 e. The summed E-state index contributed by atoms with van der Waals surface area (Å²) in [5.41, 5.74) is 0. The monoisotopic (exact) mass is 150 g/mol. The van der Waals surface area contributed by atoms with Gasteiger partial charge in [0.15, 0.2) is 0 Å². The van der Waals surface area contributed by atoms with E-state index in [0.29, 0.717) is 6.42 Å². The fourth-order valence-corrected chi connectivity index (χ4v) is 1.43. The summed E-state index contributed by atoms with van der Waals surface area (Å²) < 4.78 is 24.3. The highest BCUT2D eigenvalue weighted by Gasteiger charge is 2.45. The van der Waals surface area contributed by atoms with Gasteiger partial charge in [0.1, 0.15) is 0 Å². The summed E-state index contributed by atoms with van der Waals surface area (Å²) in [7, 11) is 0. The van der Waals surface area contributed by atoms with Gasteiger partial charge in [0.2, 0.25) is 5.92 Å². The molecule has 1 N–H and O–H groups in total. The maximum Gasteiger partial charge on any atom is 0.248 e. The van der Waals surface area contributed by atoms with Crippen molar-refractivity contribution in [2.24, 2.45) is 5.92 Å². The minimum atomic E-state index is -2.43. The third-order valence-corrected chi connectivity index (χ3v) is 1.85. The Hall–Kier alpha value is -0.180. The van der Waals surface area contributed by atoms with Gasteiger partial charge >= 0.3 is 0 Å². The summed E-state index contributed by atoms with van der Waals surface area (Å²) >= 11 is 0. The summed E-state index contributed by atoms with van der Waals surface area (Å²) in [6.07, 6.45) is 0.0341. The van der Waals surface area contributed by atoms with Crippen molar-refractivity contribution in [2.45, 2.75) is 38.2 Å². The normalized spacial score (nSPS) is 27.6. The average molecular weight is 150 g/mol. The highest BCUT2D eigenvalue weighted by molar-refractivity contribution is 4.86. The first-order chi connectivity index (χ1) is 4.49. The van der Waals surface area contributed by atoms with Crippen LogP contribution >= 0.6 is 0 Å². The van der Waals surface area contributed by atoms with Gasteiger partial charge < -0.3 is 5.11 Å². The largest absolute Gasteiger partial charge is 0.393 e. The molecule has 1 nitrogen and oxygen atoms in total. The Labute approximate surface area is 59.0 Å². The van der Waals surface area contributed by atoms with Crippen molar-refractivity contribution in [1.82, 2.24) is 0 Å². The van der Waals surface area contributed by atoms with E-state index in [-0.39, 0.29) is 18.8 Å². The molecule has 3 heteroatoms. The van der Waals surface area contributed by atoms with Crippen LogP contribution in [0.15, 0.2) is 0 Å². The lowest BCUT2D eigenvalue weighted by Gasteiger charge is -2.35.